The van der Waals surface area contributed by atoms with Crippen molar-refractivity contribution in [3.8, 4) is 0 Å². The van der Waals surface area contributed by atoms with Crippen LogP contribution in [0.3, 0.4) is 0 Å². The van der Waals surface area contributed by atoms with Gasteiger partial charge in [-0.3, -0.25) is 14.5 Å². The average molecular weight is 551 g/mol. The van der Waals surface area contributed by atoms with E-state index < -0.39 is 35.2 Å². The third-order valence-electron chi connectivity index (χ3n) is 4.54. The molecule has 0 bridgehead atoms. The quantitative estimate of drug-likeness (QED) is 0.346. The zero-order valence-corrected chi connectivity index (χ0v) is 18.5. The molecule has 11 heteroatoms. The number of hydroxylamine groups is 1. The van der Waals surface area contributed by atoms with Crippen molar-refractivity contribution in [3.05, 3.63) is 56.9 Å². The second kappa shape index (κ2) is 11.1. The normalized spacial score (nSPS) is 15.5. The van der Waals surface area contributed by atoms with Gasteiger partial charge < -0.3 is 15.2 Å². The van der Waals surface area contributed by atoms with E-state index in [9.17, 15) is 23.1 Å². The van der Waals surface area contributed by atoms with E-state index in [0.29, 0.717) is 36.4 Å². The van der Waals surface area contributed by atoms with E-state index in [-0.39, 0.29) is 17.9 Å². The number of benzene rings is 2. The summed E-state index contributed by atoms with van der Waals surface area (Å²) < 4.78 is 48.1. The summed E-state index contributed by atoms with van der Waals surface area (Å²) in [6, 6.07) is 5.96. The maximum atomic E-state index is 14.4. The minimum absolute atomic E-state index is 0.124. The Balaban J connectivity index is 1.64. The fourth-order valence-electron chi connectivity index (χ4n) is 2.98. The molecule has 0 spiro atoms. The number of halogens is 4. The molecule has 168 valence electrons. The number of hydrogen-bond acceptors (Lipinski definition) is 6. The van der Waals surface area contributed by atoms with Crippen molar-refractivity contribution in [2.24, 2.45) is 0 Å². The minimum atomic E-state index is -1.34. The largest absolute Gasteiger partial charge is 0.389 e. The summed E-state index contributed by atoms with van der Waals surface area (Å²) in [5, 5.41) is 12.5. The van der Waals surface area contributed by atoms with E-state index in [1.54, 1.807) is 6.07 Å². The fourth-order valence-corrected chi connectivity index (χ4v) is 3.43. The molecular formula is C20H21F3IN3O4. The number of rotatable bonds is 8. The van der Waals surface area contributed by atoms with Crippen LogP contribution < -0.4 is 10.8 Å². The van der Waals surface area contributed by atoms with Gasteiger partial charge in [0.25, 0.3) is 5.91 Å². The Morgan fingerprint density at radius 2 is 1.94 bits per heavy atom. The zero-order chi connectivity index (χ0) is 22.4. The Labute approximate surface area is 190 Å². The molecule has 1 aliphatic rings. The van der Waals surface area contributed by atoms with E-state index in [1.807, 2.05) is 27.5 Å². The summed E-state index contributed by atoms with van der Waals surface area (Å²) in [6.07, 6.45) is -0.873. The Morgan fingerprint density at radius 1 is 1.19 bits per heavy atom. The van der Waals surface area contributed by atoms with Gasteiger partial charge in [0.15, 0.2) is 11.6 Å². The predicted molar refractivity (Wildman–Crippen MR) is 115 cm³/mol. The third-order valence-corrected chi connectivity index (χ3v) is 5.21. The molecule has 2 aromatic rings. The van der Waals surface area contributed by atoms with Crippen LogP contribution >= 0.6 is 22.6 Å². The first-order chi connectivity index (χ1) is 14.8. The highest BCUT2D eigenvalue weighted by atomic mass is 127. The van der Waals surface area contributed by atoms with Gasteiger partial charge in [0.05, 0.1) is 36.3 Å². The molecule has 1 unspecified atom stereocenters. The van der Waals surface area contributed by atoms with Gasteiger partial charge in [0.2, 0.25) is 0 Å². The number of carbonyl (C=O) groups is 1. The van der Waals surface area contributed by atoms with Gasteiger partial charge in [-0.1, -0.05) is 0 Å². The van der Waals surface area contributed by atoms with Crippen LogP contribution in [-0.2, 0) is 9.57 Å². The molecule has 0 aliphatic carbocycles. The summed E-state index contributed by atoms with van der Waals surface area (Å²) in [7, 11) is 0. The van der Waals surface area contributed by atoms with Crippen molar-refractivity contribution in [3.63, 3.8) is 0 Å². The number of hydrogen-bond donors (Lipinski definition) is 3. The minimum Gasteiger partial charge on any atom is -0.389 e. The second-order valence-electron chi connectivity index (χ2n) is 6.84. The van der Waals surface area contributed by atoms with Gasteiger partial charge in [-0.05, 0) is 52.9 Å². The van der Waals surface area contributed by atoms with Gasteiger partial charge >= 0.3 is 0 Å². The smallest absolute Gasteiger partial charge is 0.277 e. The summed E-state index contributed by atoms with van der Waals surface area (Å²) >= 11 is 1.91. The van der Waals surface area contributed by atoms with Crippen molar-refractivity contribution >= 4 is 39.9 Å². The van der Waals surface area contributed by atoms with Crippen LogP contribution in [0.2, 0.25) is 0 Å². The van der Waals surface area contributed by atoms with Crippen molar-refractivity contribution < 1.29 is 32.6 Å². The molecule has 1 saturated heterocycles. The van der Waals surface area contributed by atoms with Crippen LogP contribution in [0.25, 0.3) is 0 Å². The standard InChI is InChI=1S/C20H21F3IN3O4/c21-15-3-2-14(19(18(15)23)25-17-4-1-12(24)9-16(17)22)20(29)26-31-11-13(28)10-27-5-7-30-8-6-27/h1-4,9,13,25,28H,5-8,10-11H2,(H,26,29). The third kappa shape index (κ3) is 6.53. The highest BCUT2D eigenvalue weighted by molar-refractivity contribution is 14.1. The van der Waals surface area contributed by atoms with E-state index in [0.717, 1.165) is 12.1 Å². The van der Waals surface area contributed by atoms with Gasteiger partial charge in [-0.2, -0.15) is 0 Å². The molecule has 0 aromatic heterocycles. The van der Waals surface area contributed by atoms with E-state index >= 15 is 0 Å². The van der Waals surface area contributed by atoms with E-state index in [1.165, 1.54) is 12.1 Å². The summed E-state index contributed by atoms with van der Waals surface area (Å²) in [5.74, 6) is -4.11. The molecule has 3 N–H and O–H groups in total. The summed E-state index contributed by atoms with van der Waals surface area (Å²) in [6.45, 7) is 2.66. The summed E-state index contributed by atoms with van der Waals surface area (Å²) in [5.41, 5.74) is 1.15. The topological polar surface area (TPSA) is 83.1 Å². The van der Waals surface area contributed by atoms with E-state index in [2.05, 4.69) is 10.8 Å². The number of aliphatic hydroxyl groups excluding tert-OH is 1. The first kappa shape index (κ1) is 23.7. The lowest BCUT2D eigenvalue weighted by Crippen LogP contribution is -2.42. The molecular weight excluding hydrogens is 530 g/mol. The van der Waals surface area contributed by atoms with Crippen molar-refractivity contribution in [2.75, 3.05) is 44.8 Å². The van der Waals surface area contributed by atoms with Crippen molar-refractivity contribution in [1.82, 2.24) is 10.4 Å². The number of anilines is 2. The van der Waals surface area contributed by atoms with E-state index in [4.69, 9.17) is 9.57 Å². The first-order valence-electron chi connectivity index (χ1n) is 9.45. The van der Waals surface area contributed by atoms with Gasteiger partial charge in [0.1, 0.15) is 12.4 Å². The molecule has 0 saturated carbocycles. The van der Waals surface area contributed by atoms with Crippen LogP contribution in [-0.4, -0.2) is 61.5 Å². The second-order valence-corrected chi connectivity index (χ2v) is 8.09. The highest BCUT2D eigenvalue weighted by Gasteiger charge is 2.21. The molecule has 7 nitrogen and oxygen atoms in total. The SMILES string of the molecule is O=C(NOCC(O)CN1CCOCC1)c1ccc(F)c(F)c1Nc1ccc(I)cc1F. The first-order valence-corrected chi connectivity index (χ1v) is 10.5. The zero-order valence-electron chi connectivity index (χ0n) is 16.3. The maximum Gasteiger partial charge on any atom is 0.277 e. The molecule has 1 amide bonds. The Hall–Kier alpha value is -1.93. The maximum absolute atomic E-state index is 14.4. The average Bonchev–Trinajstić information content (AvgIpc) is 2.74. The van der Waals surface area contributed by atoms with Crippen molar-refractivity contribution in [2.45, 2.75) is 6.10 Å². The Bertz CT molecular complexity index is 929. The van der Waals surface area contributed by atoms with Crippen LogP contribution in [0.5, 0.6) is 0 Å². The number of β-amino-alcohol motifs (C(OH)–C–C–N with tert-alkyl or cyclic N) is 1. The summed E-state index contributed by atoms with van der Waals surface area (Å²) in [4.78, 5) is 19.5. The predicted octanol–water partition coefficient (Wildman–Crippen LogP) is 2.81. The number of morpholine rings is 1. The molecule has 2 aromatic carbocycles. The molecule has 1 fully saturated rings. The molecule has 0 radical (unpaired) electrons. The number of nitrogens with one attached hydrogen (secondary N) is 2. The lowest BCUT2D eigenvalue weighted by molar-refractivity contribution is -0.0362. The van der Waals surface area contributed by atoms with Crippen LogP contribution in [0, 0.1) is 21.0 Å². The molecule has 31 heavy (non-hydrogen) atoms. The van der Waals surface area contributed by atoms with Gasteiger partial charge in [-0.25, -0.2) is 18.7 Å². The van der Waals surface area contributed by atoms with Gasteiger partial charge in [0, 0.05) is 23.2 Å². The highest BCUT2D eigenvalue weighted by Crippen LogP contribution is 2.28. The van der Waals surface area contributed by atoms with Crippen LogP contribution in [0.1, 0.15) is 10.4 Å². The van der Waals surface area contributed by atoms with Crippen LogP contribution in [0.4, 0.5) is 24.5 Å². The lowest BCUT2D eigenvalue weighted by atomic mass is 10.1. The van der Waals surface area contributed by atoms with Crippen molar-refractivity contribution in [1.29, 1.82) is 0 Å². The monoisotopic (exact) mass is 551 g/mol. The number of amides is 1. The van der Waals surface area contributed by atoms with Crippen LogP contribution in [0.15, 0.2) is 30.3 Å². The van der Waals surface area contributed by atoms with Gasteiger partial charge in [-0.15, -0.1) is 0 Å². The number of nitrogens with zero attached hydrogens (tertiary/aromatic N) is 1. The Morgan fingerprint density at radius 3 is 2.65 bits per heavy atom. The molecule has 1 heterocycles. The molecule has 1 aliphatic heterocycles. The number of aliphatic hydroxyl groups is 1. The molecule has 1 atom stereocenters. The number of ether oxygens (including phenoxy) is 1. The molecule has 3 rings (SSSR count). The number of carbonyl (C=O) groups excluding carboxylic acids is 1. The fraction of sp³-hybridized carbons (Fsp3) is 0.350. The Kier molecular flexibility index (Phi) is 8.49. The lowest BCUT2D eigenvalue weighted by Gasteiger charge is -2.28.